The molecule has 0 aromatic rings. The van der Waals surface area contributed by atoms with E-state index in [-0.39, 0.29) is 17.0 Å². The van der Waals surface area contributed by atoms with Gasteiger partial charge in [-0.3, -0.25) is 4.79 Å². The summed E-state index contributed by atoms with van der Waals surface area (Å²) in [5.74, 6) is 2.70. The Bertz CT molecular complexity index is 656. The Balaban J connectivity index is 1.96. The zero-order valence-electron chi connectivity index (χ0n) is 22.8. The molecule has 0 unspecified atom stereocenters. The first-order chi connectivity index (χ1) is 18.0. The Hall–Kier alpha value is -1.52. The SMILES string of the molecule is C#CCCCCCCCNC(=S)NC12CNCCNCC(NC(C)=O)(CNCCNC1)CNCCNC2. The van der Waals surface area contributed by atoms with Crippen molar-refractivity contribution in [3.63, 3.8) is 0 Å². The molecule has 212 valence electrons. The molecular weight excluding hydrogens is 486 g/mol. The summed E-state index contributed by atoms with van der Waals surface area (Å²) in [7, 11) is 0. The van der Waals surface area contributed by atoms with Crippen molar-refractivity contribution in [1.82, 2.24) is 47.9 Å². The molecule has 0 spiro atoms. The maximum absolute atomic E-state index is 12.0. The summed E-state index contributed by atoms with van der Waals surface area (Å²) < 4.78 is 0. The van der Waals surface area contributed by atoms with E-state index in [9.17, 15) is 4.79 Å². The van der Waals surface area contributed by atoms with Crippen LogP contribution in [0.1, 0.15) is 45.4 Å². The highest BCUT2D eigenvalue weighted by Gasteiger charge is 2.32. The molecule has 3 heterocycles. The number of terminal acetylenes is 1. The third-order valence-electron chi connectivity index (χ3n) is 6.82. The maximum atomic E-state index is 12.0. The monoisotopic (exact) mass is 537 g/mol. The minimum atomic E-state index is -0.384. The minimum absolute atomic E-state index is 0.0116. The summed E-state index contributed by atoms with van der Waals surface area (Å²) in [5.41, 5.74) is -0.654. The standard InChI is InChI=1S/C26H51N9OS/c1-3-4-5-6-7-8-9-10-33-24(37)35-26-20-30-14-11-27-17-25(34-23(2)36,18-28-12-15-31-21-26)19-29-13-16-32-22-26/h1,27-32H,4-22H2,2H3,(H,34,36)(H2,33,35,37). The molecule has 3 saturated heterocycles. The molecule has 11 heteroatoms. The van der Waals surface area contributed by atoms with Gasteiger partial charge in [0.05, 0.1) is 11.1 Å². The Morgan fingerprint density at radius 1 is 0.730 bits per heavy atom. The van der Waals surface area contributed by atoms with Crippen LogP contribution in [-0.2, 0) is 4.79 Å². The van der Waals surface area contributed by atoms with Crippen molar-refractivity contribution in [2.45, 2.75) is 56.5 Å². The van der Waals surface area contributed by atoms with E-state index in [1.165, 1.54) is 19.3 Å². The number of amides is 1. The van der Waals surface area contributed by atoms with Gasteiger partial charge in [0, 0.05) is 98.4 Å². The first-order valence-electron chi connectivity index (χ1n) is 14.0. The summed E-state index contributed by atoms with van der Waals surface area (Å²) >= 11 is 5.72. The fourth-order valence-corrected chi connectivity index (χ4v) is 5.20. The lowest BCUT2D eigenvalue weighted by Crippen LogP contribution is -2.68. The molecular formula is C26H51N9OS. The van der Waals surface area contributed by atoms with Gasteiger partial charge in [-0.1, -0.05) is 19.3 Å². The summed E-state index contributed by atoms with van der Waals surface area (Å²) in [6, 6.07) is 0. The Morgan fingerprint density at radius 2 is 1.14 bits per heavy atom. The van der Waals surface area contributed by atoms with Crippen LogP contribution in [0.25, 0.3) is 0 Å². The number of hydrogen-bond donors (Lipinski definition) is 9. The summed E-state index contributed by atoms with van der Waals surface area (Å²) in [6.07, 6.45) is 12.0. The Labute approximate surface area is 229 Å². The Kier molecular flexibility index (Phi) is 16.0. The predicted octanol–water partition coefficient (Wildman–Crippen LogP) is -1.40. The molecule has 1 amide bonds. The van der Waals surface area contributed by atoms with Crippen LogP contribution in [-0.4, -0.2) is 107 Å². The van der Waals surface area contributed by atoms with E-state index in [0.29, 0.717) is 24.7 Å². The number of carbonyl (C=O) groups is 1. The topological polar surface area (TPSA) is 125 Å². The van der Waals surface area contributed by atoms with E-state index in [4.69, 9.17) is 18.6 Å². The highest BCUT2D eigenvalue weighted by atomic mass is 32.1. The van der Waals surface area contributed by atoms with Gasteiger partial charge in [-0.15, -0.1) is 12.3 Å². The minimum Gasteiger partial charge on any atom is -0.363 e. The van der Waals surface area contributed by atoms with E-state index in [2.05, 4.69) is 53.8 Å². The van der Waals surface area contributed by atoms with Crippen molar-refractivity contribution in [2.24, 2.45) is 0 Å². The van der Waals surface area contributed by atoms with E-state index in [0.717, 1.165) is 84.7 Å². The zero-order valence-corrected chi connectivity index (χ0v) is 23.6. The molecule has 3 aliphatic heterocycles. The van der Waals surface area contributed by atoms with Crippen molar-refractivity contribution in [2.75, 3.05) is 85.1 Å². The van der Waals surface area contributed by atoms with E-state index < -0.39 is 0 Å². The van der Waals surface area contributed by atoms with Crippen molar-refractivity contribution >= 4 is 23.2 Å². The normalized spacial score (nSPS) is 26.3. The number of carbonyl (C=O) groups excluding carboxylic acids is 1. The van der Waals surface area contributed by atoms with Crippen LogP contribution in [0.4, 0.5) is 0 Å². The van der Waals surface area contributed by atoms with Crippen LogP contribution in [0, 0.1) is 12.3 Å². The summed E-state index contributed by atoms with van der Waals surface area (Å²) in [5, 5.41) is 32.5. The molecule has 0 saturated carbocycles. The van der Waals surface area contributed by atoms with Gasteiger partial charge < -0.3 is 47.9 Å². The molecule has 0 aromatic carbocycles. The second kappa shape index (κ2) is 18.7. The zero-order chi connectivity index (χ0) is 26.7. The van der Waals surface area contributed by atoms with E-state index in [1.54, 1.807) is 6.92 Å². The van der Waals surface area contributed by atoms with Gasteiger partial charge in [0.15, 0.2) is 5.11 Å². The molecule has 37 heavy (non-hydrogen) atoms. The smallest absolute Gasteiger partial charge is 0.217 e. The van der Waals surface area contributed by atoms with Crippen LogP contribution in [0.15, 0.2) is 0 Å². The molecule has 10 nitrogen and oxygen atoms in total. The van der Waals surface area contributed by atoms with Gasteiger partial charge >= 0.3 is 0 Å². The van der Waals surface area contributed by atoms with Gasteiger partial charge in [-0.05, 0) is 25.1 Å². The number of hydrogen-bond acceptors (Lipinski definition) is 8. The molecule has 0 aromatic heterocycles. The van der Waals surface area contributed by atoms with Crippen LogP contribution in [0.2, 0.25) is 0 Å². The molecule has 9 N–H and O–H groups in total. The predicted molar refractivity (Wildman–Crippen MR) is 157 cm³/mol. The van der Waals surface area contributed by atoms with Crippen molar-refractivity contribution in [1.29, 1.82) is 0 Å². The molecule has 2 bridgehead atoms. The lowest BCUT2D eigenvalue weighted by molar-refractivity contribution is -0.120. The maximum Gasteiger partial charge on any atom is 0.217 e. The number of rotatable bonds is 9. The lowest BCUT2D eigenvalue weighted by Gasteiger charge is -2.39. The molecule has 3 fully saturated rings. The molecule has 0 atom stereocenters. The fraction of sp³-hybridized carbons (Fsp3) is 0.846. The molecule has 3 rings (SSSR count). The third kappa shape index (κ3) is 13.7. The first-order valence-corrected chi connectivity index (χ1v) is 14.4. The highest BCUT2D eigenvalue weighted by Crippen LogP contribution is 2.06. The average Bonchev–Trinajstić information content (AvgIpc) is 2.86. The summed E-state index contributed by atoms with van der Waals surface area (Å²) in [4.78, 5) is 12.0. The van der Waals surface area contributed by atoms with Gasteiger partial charge in [-0.25, -0.2) is 0 Å². The fourth-order valence-electron chi connectivity index (χ4n) is 4.88. The largest absolute Gasteiger partial charge is 0.363 e. The van der Waals surface area contributed by atoms with Gasteiger partial charge in [-0.2, -0.15) is 0 Å². The number of unbranched alkanes of at least 4 members (excludes halogenated alkanes) is 5. The van der Waals surface area contributed by atoms with E-state index >= 15 is 0 Å². The quantitative estimate of drug-likeness (QED) is 0.0986. The molecule has 0 radical (unpaired) electrons. The second-order valence-electron chi connectivity index (χ2n) is 10.4. The summed E-state index contributed by atoms with van der Waals surface area (Å²) in [6.45, 7) is 11.7. The van der Waals surface area contributed by atoms with Crippen LogP contribution in [0.5, 0.6) is 0 Å². The van der Waals surface area contributed by atoms with E-state index in [1.807, 2.05) is 0 Å². The van der Waals surface area contributed by atoms with Gasteiger partial charge in [0.2, 0.25) is 5.91 Å². The lowest BCUT2D eigenvalue weighted by atomic mass is 9.97. The van der Waals surface area contributed by atoms with Crippen molar-refractivity contribution in [3.8, 4) is 12.3 Å². The second-order valence-corrected chi connectivity index (χ2v) is 10.8. The average molecular weight is 538 g/mol. The molecule has 0 aliphatic carbocycles. The Morgan fingerprint density at radius 3 is 1.57 bits per heavy atom. The third-order valence-corrected chi connectivity index (χ3v) is 7.07. The van der Waals surface area contributed by atoms with Crippen molar-refractivity contribution < 1.29 is 4.79 Å². The number of fused-ring (bicyclic) bond motifs is 15. The van der Waals surface area contributed by atoms with Crippen molar-refractivity contribution in [3.05, 3.63) is 0 Å². The highest BCUT2D eigenvalue weighted by molar-refractivity contribution is 7.80. The van der Waals surface area contributed by atoms with Crippen LogP contribution >= 0.6 is 12.2 Å². The van der Waals surface area contributed by atoms with Crippen LogP contribution < -0.4 is 47.9 Å². The number of thiocarbonyl (C=S) groups is 1. The first kappa shape index (κ1) is 31.7. The van der Waals surface area contributed by atoms with Gasteiger partial charge in [0.1, 0.15) is 0 Å². The molecule has 3 aliphatic rings. The van der Waals surface area contributed by atoms with Gasteiger partial charge in [0.25, 0.3) is 0 Å². The van der Waals surface area contributed by atoms with Crippen LogP contribution in [0.3, 0.4) is 0 Å². The number of nitrogens with one attached hydrogen (secondary N) is 9.